The van der Waals surface area contributed by atoms with E-state index in [1.807, 2.05) is 6.07 Å². The second kappa shape index (κ2) is 4.85. The minimum atomic E-state index is -4.66. The Morgan fingerprint density at radius 1 is 1.44 bits per heavy atom. The fourth-order valence-electron chi connectivity index (χ4n) is 0.841. The normalized spacial score (nSPS) is 12.4. The van der Waals surface area contributed by atoms with Crippen molar-refractivity contribution >= 4 is 38.4 Å². The van der Waals surface area contributed by atoms with E-state index in [1.54, 1.807) is 0 Å². The van der Waals surface area contributed by atoms with Gasteiger partial charge in [-0.25, -0.2) is 4.99 Å². The van der Waals surface area contributed by atoms with Crippen LogP contribution in [-0.2, 0) is 0 Å². The summed E-state index contributed by atoms with van der Waals surface area (Å²) >= 11 is 7.99. The molecular formula is C9H3BrClF3N2. The van der Waals surface area contributed by atoms with Crippen molar-refractivity contribution in [2.24, 2.45) is 4.99 Å². The highest BCUT2D eigenvalue weighted by Gasteiger charge is 2.34. The van der Waals surface area contributed by atoms with Gasteiger partial charge in [0.05, 0.1) is 11.3 Å². The molecule has 0 saturated heterocycles. The SMILES string of the molecule is N#Cc1ccc(N=C(Cl)C(F)(F)F)cc1Br. The van der Waals surface area contributed by atoms with Crippen LogP contribution in [0.5, 0.6) is 0 Å². The molecular weight excluding hydrogens is 308 g/mol. The van der Waals surface area contributed by atoms with Crippen LogP contribution in [0.4, 0.5) is 18.9 Å². The van der Waals surface area contributed by atoms with Crippen LogP contribution in [0.25, 0.3) is 0 Å². The van der Waals surface area contributed by atoms with Crippen molar-refractivity contribution in [1.82, 2.24) is 0 Å². The Balaban J connectivity index is 3.10. The Hall–Kier alpha value is -1.06. The van der Waals surface area contributed by atoms with Crippen molar-refractivity contribution in [1.29, 1.82) is 5.26 Å². The van der Waals surface area contributed by atoms with Gasteiger partial charge in [-0.3, -0.25) is 0 Å². The summed E-state index contributed by atoms with van der Waals surface area (Å²) in [6.07, 6.45) is -4.66. The Morgan fingerprint density at radius 2 is 2.06 bits per heavy atom. The summed E-state index contributed by atoms with van der Waals surface area (Å²) in [6.45, 7) is 0. The van der Waals surface area contributed by atoms with E-state index in [4.69, 9.17) is 16.9 Å². The molecule has 2 nitrogen and oxygen atoms in total. The highest BCUT2D eigenvalue weighted by Crippen LogP contribution is 2.27. The summed E-state index contributed by atoms with van der Waals surface area (Å²) in [4.78, 5) is 3.18. The minimum absolute atomic E-state index is 0.0215. The Labute approximate surface area is 102 Å². The Bertz CT molecular complexity index is 477. The van der Waals surface area contributed by atoms with Crippen LogP contribution >= 0.6 is 27.5 Å². The van der Waals surface area contributed by atoms with Gasteiger partial charge < -0.3 is 0 Å². The lowest BCUT2D eigenvalue weighted by Gasteiger charge is -2.03. The molecule has 0 saturated carbocycles. The van der Waals surface area contributed by atoms with Crippen molar-refractivity contribution in [3.05, 3.63) is 28.2 Å². The van der Waals surface area contributed by atoms with Crippen molar-refractivity contribution in [3.63, 3.8) is 0 Å². The number of aliphatic imine (C=N–C) groups is 1. The van der Waals surface area contributed by atoms with E-state index in [2.05, 4.69) is 20.9 Å². The lowest BCUT2D eigenvalue weighted by molar-refractivity contribution is -0.0558. The molecule has 7 heteroatoms. The molecule has 0 bridgehead atoms. The molecule has 84 valence electrons. The van der Waals surface area contributed by atoms with E-state index >= 15 is 0 Å². The zero-order valence-corrected chi connectivity index (χ0v) is 9.86. The first kappa shape index (κ1) is 13.0. The lowest BCUT2D eigenvalue weighted by atomic mass is 10.2. The maximum absolute atomic E-state index is 12.1. The minimum Gasteiger partial charge on any atom is -0.232 e. The van der Waals surface area contributed by atoms with Gasteiger partial charge in [0.25, 0.3) is 0 Å². The summed E-state index contributed by atoms with van der Waals surface area (Å²) in [6, 6.07) is 5.77. The predicted molar refractivity (Wildman–Crippen MR) is 57.9 cm³/mol. The summed E-state index contributed by atoms with van der Waals surface area (Å²) < 4.78 is 36.5. The first-order valence-electron chi connectivity index (χ1n) is 3.85. The van der Waals surface area contributed by atoms with Gasteiger partial charge in [0.1, 0.15) is 6.07 Å². The van der Waals surface area contributed by atoms with Crippen molar-refractivity contribution in [3.8, 4) is 6.07 Å². The van der Waals surface area contributed by atoms with E-state index < -0.39 is 11.3 Å². The van der Waals surface area contributed by atoms with Crippen LogP contribution in [0, 0.1) is 11.3 Å². The van der Waals surface area contributed by atoms with Crippen LogP contribution in [-0.4, -0.2) is 11.3 Å². The van der Waals surface area contributed by atoms with E-state index in [1.165, 1.54) is 18.2 Å². The van der Waals surface area contributed by atoms with Crippen molar-refractivity contribution < 1.29 is 13.2 Å². The van der Waals surface area contributed by atoms with Crippen LogP contribution in [0.3, 0.4) is 0 Å². The second-order valence-electron chi connectivity index (χ2n) is 2.68. The van der Waals surface area contributed by atoms with Gasteiger partial charge in [-0.05, 0) is 34.1 Å². The molecule has 0 fully saturated rings. The molecule has 0 aliphatic heterocycles. The van der Waals surface area contributed by atoms with Gasteiger partial charge in [0.15, 0.2) is 0 Å². The fourth-order valence-corrected chi connectivity index (χ4v) is 1.39. The predicted octanol–water partition coefficient (Wildman–Crippen LogP) is 4.15. The molecule has 16 heavy (non-hydrogen) atoms. The molecule has 0 N–H and O–H groups in total. The van der Waals surface area contributed by atoms with Crippen molar-refractivity contribution in [2.75, 3.05) is 0 Å². The van der Waals surface area contributed by atoms with Gasteiger partial charge in [0, 0.05) is 4.47 Å². The number of hydrogen-bond acceptors (Lipinski definition) is 2. The molecule has 0 aromatic heterocycles. The van der Waals surface area contributed by atoms with E-state index in [-0.39, 0.29) is 5.69 Å². The third-order valence-corrected chi connectivity index (χ3v) is 2.49. The summed E-state index contributed by atoms with van der Waals surface area (Å²) in [5.41, 5.74) is 0.329. The van der Waals surface area contributed by atoms with E-state index in [0.717, 1.165) is 0 Å². The monoisotopic (exact) mass is 310 g/mol. The Kier molecular flexibility index (Phi) is 3.94. The van der Waals surface area contributed by atoms with Crippen LogP contribution in [0.1, 0.15) is 5.56 Å². The number of nitriles is 1. The van der Waals surface area contributed by atoms with Crippen LogP contribution in [0.2, 0.25) is 0 Å². The van der Waals surface area contributed by atoms with Gasteiger partial charge in [-0.1, -0.05) is 11.6 Å². The third kappa shape index (κ3) is 3.22. The standard InChI is InChI=1S/C9H3BrClF3N2/c10-7-3-6(2-1-5(7)4-15)16-8(11)9(12,13)14/h1-3H. The smallest absolute Gasteiger partial charge is 0.232 e. The maximum atomic E-state index is 12.1. The number of hydrogen-bond donors (Lipinski definition) is 0. The largest absolute Gasteiger partial charge is 0.444 e. The van der Waals surface area contributed by atoms with Gasteiger partial charge >= 0.3 is 6.18 Å². The number of rotatable bonds is 1. The fraction of sp³-hybridized carbons (Fsp3) is 0.111. The Morgan fingerprint density at radius 3 is 2.50 bits per heavy atom. The first-order chi connectivity index (χ1) is 7.34. The zero-order chi connectivity index (χ0) is 12.3. The third-order valence-electron chi connectivity index (χ3n) is 1.53. The van der Waals surface area contributed by atoms with Crippen LogP contribution in [0.15, 0.2) is 27.7 Å². The molecule has 0 unspecified atom stereocenters. The maximum Gasteiger partial charge on any atom is 0.444 e. The van der Waals surface area contributed by atoms with Crippen molar-refractivity contribution in [2.45, 2.75) is 6.18 Å². The molecule has 1 rings (SSSR count). The topological polar surface area (TPSA) is 36.1 Å². The molecule has 0 radical (unpaired) electrons. The zero-order valence-electron chi connectivity index (χ0n) is 7.52. The van der Waals surface area contributed by atoms with Gasteiger partial charge in [-0.15, -0.1) is 0 Å². The number of benzene rings is 1. The molecule has 1 aromatic carbocycles. The molecule has 0 aliphatic rings. The molecule has 0 aliphatic carbocycles. The molecule has 1 aromatic rings. The molecule has 0 heterocycles. The lowest BCUT2D eigenvalue weighted by Crippen LogP contribution is -2.16. The van der Waals surface area contributed by atoms with Crippen LogP contribution < -0.4 is 0 Å². The quantitative estimate of drug-likeness (QED) is 0.718. The summed E-state index contributed by atoms with van der Waals surface area (Å²) in [5, 5.41) is 7.14. The number of nitrogens with zero attached hydrogens (tertiary/aromatic N) is 2. The highest BCUT2D eigenvalue weighted by molar-refractivity contribution is 9.10. The first-order valence-corrected chi connectivity index (χ1v) is 5.02. The average molecular weight is 311 g/mol. The van der Waals surface area contributed by atoms with Gasteiger partial charge in [0.2, 0.25) is 5.17 Å². The highest BCUT2D eigenvalue weighted by atomic mass is 79.9. The average Bonchev–Trinajstić information content (AvgIpc) is 2.16. The number of alkyl halides is 3. The second-order valence-corrected chi connectivity index (χ2v) is 3.89. The van der Waals surface area contributed by atoms with Gasteiger partial charge in [-0.2, -0.15) is 18.4 Å². The number of halogens is 5. The summed E-state index contributed by atoms with van der Waals surface area (Å²) in [7, 11) is 0. The van der Waals surface area contributed by atoms with E-state index in [0.29, 0.717) is 10.0 Å². The van der Waals surface area contributed by atoms with E-state index in [9.17, 15) is 13.2 Å². The summed E-state index contributed by atoms with van der Waals surface area (Å²) in [5.74, 6) is 0. The molecule has 0 atom stereocenters. The molecule has 0 spiro atoms. The molecule has 0 amide bonds.